The summed E-state index contributed by atoms with van der Waals surface area (Å²) in [6.45, 7) is 5.33. The van der Waals surface area contributed by atoms with Crippen molar-refractivity contribution in [2.75, 3.05) is 32.1 Å². The van der Waals surface area contributed by atoms with Crippen molar-refractivity contribution in [1.82, 2.24) is 14.9 Å². The van der Waals surface area contributed by atoms with Crippen LogP contribution in [0.4, 0.5) is 11.5 Å². The first kappa shape index (κ1) is 22.6. The van der Waals surface area contributed by atoms with Crippen LogP contribution in [0.1, 0.15) is 35.7 Å². The average Bonchev–Trinajstić information content (AvgIpc) is 2.83. The summed E-state index contributed by atoms with van der Waals surface area (Å²) in [5.41, 5.74) is 3.92. The summed E-state index contributed by atoms with van der Waals surface area (Å²) >= 11 is 0. The second-order valence-electron chi connectivity index (χ2n) is 8.38. The lowest BCUT2D eigenvalue weighted by Crippen LogP contribution is -2.41. The van der Waals surface area contributed by atoms with Crippen LogP contribution in [0.5, 0.6) is 11.5 Å². The molecule has 1 aliphatic heterocycles. The third kappa shape index (κ3) is 5.80. The van der Waals surface area contributed by atoms with Gasteiger partial charge in [-0.1, -0.05) is 12.1 Å². The van der Waals surface area contributed by atoms with Gasteiger partial charge in [-0.25, -0.2) is 4.98 Å². The molecule has 0 spiro atoms. The van der Waals surface area contributed by atoms with E-state index >= 15 is 0 Å². The summed E-state index contributed by atoms with van der Waals surface area (Å²) in [6.07, 6.45) is 3.78. The van der Waals surface area contributed by atoms with Crippen molar-refractivity contribution in [2.45, 2.75) is 32.6 Å². The molecule has 0 radical (unpaired) electrons. The Morgan fingerprint density at radius 2 is 2.03 bits per heavy atom. The predicted molar refractivity (Wildman–Crippen MR) is 128 cm³/mol. The number of benzene rings is 1. The molecule has 0 saturated carbocycles. The molecule has 1 aliphatic rings. The van der Waals surface area contributed by atoms with Crippen LogP contribution in [-0.4, -0.2) is 47.6 Å². The highest BCUT2D eigenvalue weighted by atomic mass is 16.5. The molecule has 4 rings (SSSR count). The van der Waals surface area contributed by atoms with Crippen LogP contribution in [0, 0.1) is 13.8 Å². The Morgan fingerprint density at radius 3 is 2.79 bits per heavy atom. The van der Waals surface area contributed by atoms with Crippen LogP contribution in [0.3, 0.4) is 0 Å². The van der Waals surface area contributed by atoms with Gasteiger partial charge < -0.3 is 19.7 Å². The Hall–Kier alpha value is -3.61. The lowest BCUT2D eigenvalue weighted by Gasteiger charge is -2.32. The second kappa shape index (κ2) is 10.3. The highest BCUT2D eigenvalue weighted by Crippen LogP contribution is 2.29. The van der Waals surface area contributed by atoms with Crippen LogP contribution in [0.2, 0.25) is 0 Å². The summed E-state index contributed by atoms with van der Waals surface area (Å²) in [4.78, 5) is 23.8. The molecule has 1 N–H and O–H groups in total. The SMILES string of the molecule is COc1cc(C)ccc1OCC(=O)N1CCC[C@H](c2ccc(Nc3cccc(C)n3)cn2)C1. The monoisotopic (exact) mass is 446 g/mol. The Labute approximate surface area is 194 Å². The van der Waals surface area contributed by atoms with Gasteiger partial charge in [0.1, 0.15) is 5.82 Å². The highest BCUT2D eigenvalue weighted by molar-refractivity contribution is 5.78. The molecule has 1 saturated heterocycles. The number of carbonyl (C=O) groups is 1. The fourth-order valence-corrected chi connectivity index (χ4v) is 4.05. The lowest BCUT2D eigenvalue weighted by atomic mass is 9.94. The van der Waals surface area contributed by atoms with E-state index in [9.17, 15) is 4.79 Å². The number of ether oxygens (including phenoxy) is 2. The number of aromatic nitrogens is 2. The van der Waals surface area contributed by atoms with Gasteiger partial charge in [-0.2, -0.15) is 0 Å². The first-order chi connectivity index (χ1) is 16.0. The maximum atomic E-state index is 12.8. The number of pyridine rings is 2. The van der Waals surface area contributed by atoms with Crippen molar-refractivity contribution in [3.05, 3.63) is 71.7 Å². The summed E-state index contributed by atoms with van der Waals surface area (Å²) in [6, 6.07) is 15.6. The molecule has 0 bridgehead atoms. The van der Waals surface area contributed by atoms with Gasteiger partial charge in [-0.05, 0) is 68.7 Å². The molecule has 3 aromatic rings. The number of carbonyl (C=O) groups excluding carboxylic acids is 1. The average molecular weight is 447 g/mol. The number of nitrogens with zero attached hydrogens (tertiary/aromatic N) is 3. The number of hydrogen-bond donors (Lipinski definition) is 1. The second-order valence-corrected chi connectivity index (χ2v) is 8.38. The number of methoxy groups -OCH3 is 1. The number of piperidine rings is 1. The standard InChI is InChI=1S/C26H30N4O3/c1-18-9-12-23(24(14-18)32-3)33-17-26(31)30-13-5-7-20(16-30)22-11-10-21(15-27-22)29-25-8-4-6-19(2)28-25/h4,6,8-12,14-15,20H,5,7,13,16-17H2,1-3H3,(H,28,29)/t20-/m0/s1. The number of aryl methyl sites for hydroxylation is 2. The normalized spacial score (nSPS) is 15.7. The van der Waals surface area contributed by atoms with Crippen LogP contribution >= 0.6 is 0 Å². The van der Waals surface area contributed by atoms with E-state index in [1.54, 1.807) is 7.11 Å². The maximum absolute atomic E-state index is 12.8. The fourth-order valence-electron chi connectivity index (χ4n) is 4.05. The molecule has 7 nitrogen and oxygen atoms in total. The number of hydrogen-bond acceptors (Lipinski definition) is 6. The number of anilines is 2. The molecular weight excluding hydrogens is 416 g/mol. The molecular formula is C26H30N4O3. The molecule has 33 heavy (non-hydrogen) atoms. The van der Waals surface area contributed by atoms with Gasteiger partial charge >= 0.3 is 0 Å². The van der Waals surface area contributed by atoms with Crippen molar-refractivity contribution in [3.63, 3.8) is 0 Å². The fraction of sp³-hybridized carbons (Fsp3) is 0.346. The van der Waals surface area contributed by atoms with Crippen molar-refractivity contribution in [3.8, 4) is 11.5 Å². The van der Waals surface area contributed by atoms with Crippen molar-refractivity contribution in [1.29, 1.82) is 0 Å². The van der Waals surface area contributed by atoms with E-state index in [1.807, 2.05) is 73.5 Å². The minimum atomic E-state index is -0.0221. The largest absolute Gasteiger partial charge is 0.493 e. The molecule has 1 aromatic carbocycles. The zero-order chi connectivity index (χ0) is 23.2. The van der Waals surface area contributed by atoms with Gasteiger partial charge in [0.2, 0.25) is 0 Å². The Kier molecular flexibility index (Phi) is 7.07. The van der Waals surface area contributed by atoms with E-state index in [4.69, 9.17) is 9.47 Å². The Bertz CT molecular complexity index is 1100. The zero-order valence-electron chi connectivity index (χ0n) is 19.4. The van der Waals surface area contributed by atoms with E-state index in [0.717, 1.165) is 47.8 Å². The summed E-state index contributed by atoms with van der Waals surface area (Å²) in [7, 11) is 1.60. The molecule has 172 valence electrons. The molecule has 0 aliphatic carbocycles. The van der Waals surface area contributed by atoms with Gasteiger partial charge in [0, 0.05) is 30.4 Å². The molecule has 3 heterocycles. The van der Waals surface area contributed by atoms with E-state index < -0.39 is 0 Å². The number of likely N-dealkylation sites (tertiary alicyclic amines) is 1. The van der Waals surface area contributed by atoms with Gasteiger partial charge in [0.05, 0.1) is 19.0 Å². The molecule has 1 amide bonds. The lowest BCUT2D eigenvalue weighted by molar-refractivity contribution is -0.134. The first-order valence-corrected chi connectivity index (χ1v) is 11.2. The van der Waals surface area contributed by atoms with Gasteiger partial charge in [0.25, 0.3) is 5.91 Å². The topological polar surface area (TPSA) is 76.6 Å². The Balaban J connectivity index is 1.34. The summed E-state index contributed by atoms with van der Waals surface area (Å²) in [5, 5.41) is 3.28. The summed E-state index contributed by atoms with van der Waals surface area (Å²) in [5.74, 6) is 2.20. The van der Waals surface area contributed by atoms with Gasteiger partial charge in [-0.15, -0.1) is 0 Å². The zero-order valence-corrected chi connectivity index (χ0v) is 19.4. The number of nitrogens with one attached hydrogen (secondary N) is 1. The van der Waals surface area contributed by atoms with Crippen LogP contribution in [-0.2, 0) is 4.79 Å². The minimum Gasteiger partial charge on any atom is -0.493 e. The van der Waals surface area contributed by atoms with Crippen LogP contribution in [0.15, 0.2) is 54.7 Å². The van der Waals surface area contributed by atoms with Gasteiger partial charge in [-0.3, -0.25) is 9.78 Å². The molecule has 1 atom stereocenters. The molecule has 1 fully saturated rings. The molecule has 2 aromatic heterocycles. The first-order valence-electron chi connectivity index (χ1n) is 11.2. The minimum absolute atomic E-state index is 0.00802. The molecule has 0 unspecified atom stereocenters. The maximum Gasteiger partial charge on any atom is 0.260 e. The van der Waals surface area contributed by atoms with Crippen molar-refractivity contribution >= 4 is 17.4 Å². The summed E-state index contributed by atoms with van der Waals surface area (Å²) < 4.78 is 11.1. The third-order valence-electron chi connectivity index (χ3n) is 5.81. The highest BCUT2D eigenvalue weighted by Gasteiger charge is 2.26. The quantitative estimate of drug-likeness (QED) is 0.570. The van der Waals surface area contributed by atoms with E-state index in [1.165, 1.54) is 0 Å². The van der Waals surface area contributed by atoms with Crippen molar-refractivity contribution in [2.24, 2.45) is 0 Å². The van der Waals surface area contributed by atoms with Crippen LogP contribution in [0.25, 0.3) is 0 Å². The van der Waals surface area contributed by atoms with E-state index in [-0.39, 0.29) is 18.4 Å². The predicted octanol–water partition coefficient (Wildman–Crippen LogP) is 4.63. The smallest absolute Gasteiger partial charge is 0.260 e. The van der Waals surface area contributed by atoms with Gasteiger partial charge in [0.15, 0.2) is 18.1 Å². The number of amides is 1. The third-order valence-corrected chi connectivity index (χ3v) is 5.81. The van der Waals surface area contributed by atoms with Crippen LogP contribution < -0.4 is 14.8 Å². The molecule has 7 heteroatoms. The van der Waals surface area contributed by atoms with Crippen molar-refractivity contribution < 1.29 is 14.3 Å². The Morgan fingerprint density at radius 1 is 1.15 bits per heavy atom. The van der Waals surface area contributed by atoms with E-state index in [0.29, 0.717) is 18.0 Å². The number of rotatable bonds is 7. The van der Waals surface area contributed by atoms with E-state index in [2.05, 4.69) is 15.3 Å².